The van der Waals surface area contributed by atoms with Crippen LogP contribution in [0.2, 0.25) is 0 Å². The first-order valence-electron chi connectivity index (χ1n) is 3.12. The van der Waals surface area contributed by atoms with Crippen molar-refractivity contribution < 1.29 is 9.46 Å². The molecule has 0 aromatic carbocycles. The Balaban J connectivity index is 3.53. The molecule has 1 atom stereocenters. The molecule has 0 aliphatic rings. The zero-order chi connectivity index (χ0) is 8.04. The Bertz CT molecular complexity index is 131. The molecule has 0 aromatic rings. The molecule has 0 saturated carbocycles. The summed E-state index contributed by atoms with van der Waals surface area (Å²) in [7, 11) is -2.83. The number of rotatable bonds is 5. The highest BCUT2D eigenvalue weighted by Gasteiger charge is 2.15. The zero-order valence-electron chi connectivity index (χ0n) is 6.12. The minimum Gasteiger partial charge on any atom is -0.344 e. The monoisotopic (exact) mass is 183 g/mol. The lowest BCUT2D eigenvalue weighted by atomic mass is 10.5. The van der Waals surface area contributed by atoms with Crippen LogP contribution in [-0.2, 0) is 4.57 Å². The van der Waals surface area contributed by atoms with Gasteiger partial charge in [-0.25, -0.2) is 0 Å². The molecule has 1 unspecified atom stereocenters. The van der Waals surface area contributed by atoms with Crippen LogP contribution in [0.25, 0.3) is 0 Å². The third-order valence-electron chi connectivity index (χ3n) is 1.04. The lowest BCUT2D eigenvalue weighted by Crippen LogP contribution is -2.02. The third kappa shape index (κ3) is 5.30. The van der Waals surface area contributed by atoms with E-state index < -0.39 is 7.37 Å². The largest absolute Gasteiger partial charge is 0.344 e. The van der Waals surface area contributed by atoms with Crippen LogP contribution in [0.1, 0.15) is 6.42 Å². The van der Waals surface area contributed by atoms with Crippen molar-refractivity contribution in [3.05, 3.63) is 0 Å². The number of hydrogen-bond acceptors (Lipinski definition) is 3. The third-order valence-corrected chi connectivity index (χ3v) is 4.70. The van der Waals surface area contributed by atoms with Gasteiger partial charge < -0.3 is 10.6 Å². The van der Waals surface area contributed by atoms with E-state index in [2.05, 4.69) is 0 Å². The van der Waals surface area contributed by atoms with Gasteiger partial charge in [0.05, 0.1) is 5.49 Å². The van der Waals surface area contributed by atoms with Crippen molar-refractivity contribution in [2.24, 2.45) is 5.73 Å². The first kappa shape index (κ1) is 10.5. The molecule has 0 spiro atoms. The fourth-order valence-corrected chi connectivity index (χ4v) is 3.41. The summed E-state index contributed by atoms with van der Waals surface area (Å²) in [6.45, 7) is 0.499. The van der Waals surface area contributed by atoms with Gasteiger partial charge in [-0.2, -0.15) is 11.8 Å². The quantitative estimate of drug-likeness (QED) is 0.622. The second kappa shape index (κ2) is 5.19. The van der Waals surface area contributed by atoms with Gasteiger partial charge in [-0.05, 0) is 19.2 Å². The Labute approximate surface area is 65.8 Å². The molecule has 0 aliphatic carbocycles. The molecule has 0 heterocycles. The molecule has 0 aromatic heterocycles. The molecule has 0 radical (unpaired) electrons. The van der Waals surface area contributed by atoms with E-state index in [1.165, 1.54) is 11.8 Å². The topological polar surface area (TPSA) is 63.3 Å². The summed E-state index contributed by atoms with van der Waals surface area (Å²) in [5.41, 5.74) is 5.55. The summed E-state index contributed by atoms with van der Waals surface area (Å²) in [6.07, 6.45) is 2.84. The summed E-state index contributed by atoms with van der Waals surface area (Å²) in [6, 6.07) is 0. The molecule has 0 rings (SSSR count). The van der Waals surface area contributed by atoms with Gasteiger partial charge in [0, 0.05) is 6.16 Å². The van der Waals surface area contributed by atoms with Crippen molar-refractivity contribution in [3.8, 4) is 0 Å². The summed E-state index contributed by atoms with van der Waals surface area (Å²) in [5.74, 6) is 0. The molecule has 0 amide bonds. The molecule has 5 heteroatoms. The molecule has 0 aliphatic heterocycles. The van der Waals surface area contributed by atoms with E-state index in [4.69, 9.17) is 10.6 Å². The van der Waals surface area contributed by atoms with Crippen LogP contribution in [0.4, 0.5) is 0 Å². The minimum atomic E-state index is -2.83. The Hall–Kier alpha value is 0.500. The molecule has 0 fully saturated rings. The average Bonchev–Trinajstić information content (AvgIpc) is 1.84. The van der Waals surface area contributed by atoms with Crippen molar-refractivity contribution in [2.75, 3.05) is 24.5 Å². The fourth-order valence-electron chi connectivity index (χ4n) is 0.605. The van der Waals surface area contributed by atoms with E-state index in [-0.39, 0.29) is 0 Å². The van der Waals surface area contributed by atoms with Crippen LogP contribution in [0, 0.1) is 0 Å². The van der Waals surface area contributed by atoms with Gasteiger partial charge in [0.15, 0.2) is 0 Å². The van der Waals surface area contributed by atoms with Crippen molar-refractivity contribution in [3.63, 3.8) is 0 Å². The lowest BCUT2D eigenvalue weighted by molar-refractivity contribution is 0.482. The highest BCUT2D eigenvalue weighted by molar-refractivity contribution is 8.04. The average molecular weight is 183 g/mol. The van der Waals surface area contributed by atoms with Gasteiger partial charge in [-0.3, -0.25) is 4.57 Å². The predicted octanol–water partition coefficient (Wildman–Crippen LogP) is 0.926. The molecule has 3 N–H and O–H groups in total. The maximum Gasteiger partial charge on any atom is 0.210 e. The Morgan fingerprint density at radius 1 is 1.70 bits per heavy atom. The van der Waals surface area contributed by atoms with Crippen LogP contribution >= 0.6 is 19.1 Å². The van der Waals surface area contributed by atoms with Crippen molar-refractivity contribution in [1.29, 1.82) is 0 Å². The standard InChI is InChI=1S/C5H14NO2PS/c1-10-5-9(7,8)4-2-3-6/h2-6H2,1H3,(H,7,8). The molecular weight excluding hydrogens is 169 g/mol. The Kier molecular flexibility index (Phi) is 5.45. The fraction of sp³-hybridized carbons (Fsp3) is 1.00. The van der Waals surface area contributed by atoms with Gasteiger partial charge in [0.1, 0.15) is 0 Å². The highest BCUT2D eigenvalue weighted by Crippen LogP contribution is 2.43. The van der Waals surface area contributed by atoms with Gasteiger partial charge in [-0.1, -0.05) is 0 Å². The van der Waals surface area contributed by atoms with Gasteiger partial charge in [0.25, 0.3) is 0 Å². The molecule has 0 bridgehead atoms. The van der Waals surface area contributed by atoms with Gasteiger partial charge >= 0.3 is 0 Å². The second-order valence-corrected chi connectivity index (χ2v) is 5.88. The van der Waals surface area contributed by atoms with Crippen LogP contribution in [0.15, 0.2) is 0 Å². The van der Waals surface area contributed by atoms with Crippen LogP contribution in [-0.4, -0.2) is 29.3 Å². The number of hydrogen-bond donors (Lipinski definition) is 2. The maximum absolute atomic E-state index is 11.1. The van der Waals surface area contributed by atoms with E-state index in [1.807, 2.05) is 6.26 Å². The van der Waals surface area contributed by atoms with E-state index in [9.17, 15) is 4.57 Å². The summed E-state index contributed by atoms with van der Waals surface area (Å²) in [4.78, 5) is 9.12. The predicted molar refractivity (Wildman–Crippen MR) is 46.7 cm³/mol. The minimum absolute atomic E-state index is 0.354. The summed E-state index contributed by atoms with van der Waals surface area (Å²) >= 11 is 1.41. The molecule has 62 valence electrons. The molecule has 10 heavy (non-hydrogen) atoms. The van der Waals surface area contributed by atoms with Gasteiger partial charge in [-0.15, -0.1) is 0 Å². The van der Waals surface area contributed by atoms with Gasteiger partial charge in [0.2, 0.25) is 7.37 Å². The van der Waals surface area contributed by atoms with Crippen LogP contribution in [0.5, 0.6) is 0 Å². The van der Waals surface area contributed by atoms with E-state index in [0.29, 0.717) is 24.6 Å². The highest BCUT2D eigenvalue weighted by atomic mass is 32.2. The SMILES string of the molecule is CSCP(=O)(O)CCCN. The first-order valence-corrected chi connectivity index (χ1v) is 6.54. The van der Waals surface area contributed by atoms with Crippen LogP contribution < -0.4 is 5.73 Å². The summed E-state index contributed by atoms with van der Waals surface area (Å²) in [5, 5.41) is 0. The maximum atomic E-state index is 11.1. The van der Waals surface area contributed by atoms with E-state index in [1.54, 1.807) is 0 Å². The van der Waals surface area contributed by atoms with Crippen molar-refractivity contribution in [2.45, 2.75) is 6.42 Å². The molecular formula is C5H14NO2PS. The van der Waals surface area contributed by atoms with E-state index >= 15 is 0 Å². The first-order chi connectivity index (χ1) is 4.62. The molecule has 3 nitrogen and oxygen atoms in total. The van der Waals surface area contributed by atoms with Crippen molar-refractivity contribution >= 4 is 19.1 Å². The van der Waals surface area contributed by atoms with Crippen LogP contribution in [0.3, 0.4) is 0 Å². The Morgan fingerprint density at radius 2 is 2.30 bits per heavy atom. The normalized spacial score (nSPS) is 16.7. The zero-order valence-corrected chi connectivity index (χ0v) is 7.83. The van der Waals surface area contributed by atoms with Crippen molar-refractivity contribution in [1.82, 2.24) is 0 Å². The second-order valence-electron chi connectivity index (χ2n) is 2.13. The lowest BCUT2D eigenvalue weighted by Gasteiger charge is -2.07. The molecule has 0 saturated heterocycles. The Morgan fingerprint density at radius 3 is 2.70 bits per heavy atom. The summed E-state index contributed by atoms with van der Waals surface area (Å²) < 4.78 is 11.1. The number of nitrogens with two attached hydrogens (primary N) is 1. The smallest absolute Gasteiger partial charge is 0.210 e. The van der Waals surface area contributed by atoms with E-state index in [0.717, 1.165) is 0 Å². The number of thioether (sulfide) groups is 1.